The van der Waals surface area contributed by atoms with Crippen molar-refractivity contribution in [1.29, 1.82) is 0 Å². The summed E-state index contributed by atoms with van der Waals surface area (Å²) in [5.41, 5.74) is 1.68. The van der Waals surface area contributed by atoms with E-state index in [0.717, 1.165) is 17.0 Å². The van der Waals surface area contributed by atoms with Gasteiger partial charge in [-0.25, -0.2) is 4.98 Å². The summed E-state index contributed by atoms with van der Waals surface area (Å²) in [6.07, 6.45) is 2.16. The Bertz CT molecular complexity index is 647. The molecule has 0 spiro atoms. The minimum atomic E-state index is -0.770. The Morgan fingerprint density at radius 1 is 1.45 bits per heavy atom. The van der Waals surface area contributed by atoms with Crippen LogP contribution in [-0.4, -0.2) is 21.2 Å². The molecule has 0 radical (unpaired) electrons. The van der Waals surface area contributed by atoms with Crippen molar-refractivity contribution in [1.82, 2.24) is 4.98 Å². The second-order valence-electron chi connectivity index (χ2n) is 5.10. The number of aliphatic carboxylic acids is 1. The van der Waals surface area contributed by atoms with Crippen molar-refractivity contribution in [2.24, 2.45) is 5.92 Å². The third kappa shape index (κ3) is 2.52. The van der Waals surface area contributed by atoms with Gasteiger partial charge in [-0.05, 0) is 24.1 Å². The molecule has 1 aromatic carbocycles. The molecule has 2 aromatic rings. The maximum Gasteiger partial charge on any atom is 0.306 e. The van der Waals surface area contributed by atoms with Gasteiger partial charge < -0.3 is 14.6 Å². The van der Waals surface area contributed by atoms with Crippen LogP contribution in [0.3, 0.4) is 0 Å². The number of aromatic nitrogens is 1. The number of carboxylic acid groups (broad SMARTS) is 1. The number of oxazole rings is 1. The van der Waals surface area contributed by atoms with Gasteiger partial charge in [-0.1, -0.05) is 12.1 Å². The molecular weight excluding hydrogens is 258 g/mol. The lowest BCUT2D eigenvalue weighted by Crippen LogP contribution is -2.21. The topological polar surface area (TPSA) is 83.6 Å². The highest BCUT2D eigenvalue weighted by Crippen LogP contribution is 2.27. The highest BCUT2D eigenvalue weighted by Gasteiger charge is 2.28. The van der Waals surface area contributed by atoms with Gasteiger partial charge in [0.2, 0.25) is 0 Å². The number of hydrogen-bond donors (Lipinski definition) is 2. The summed E-state index contributed by atoms with van der Waals surface area (Å²) in [7, 11) is 0. The van der Waals surface area contributed by atoms with Crippen LogP contribution in [-0.2, 0) is 24.1 Å². The van der Waals surface area contributed by atoms with Crippen LogP contribution in [0.5, 0.6) is 5.75 Å². The molecule has 1 atom stereocenters. The standard InChI is InChI=1S/C15H15NO4/c17-11-3-1-2-9(6-11)7-14-16-12-8-10(15(18)19)4-5-13(12)20-14/h1-3,6,10,17H,4-5,7-8H2,(H,18,19). The summed E-state index contributed by atoms with van der Waals surface area (Å²) in [6.45, 7) is 0. The molecule has 0 fully saturated rings. The molecule has 1 heterocycles. The lowest BCUT2D eigenvalue weighted by Gasteiger charge is -2.15. The number of carboxylic acids is 1. The summed E-state index contributed by atoms with van der Waals surface area (Å²) in [4.78, 5) is 15.4. The van der Waals surface area contributed by atoms with E-state index >= 15 is 0 Å². The van der Waals surface area contributed by atoms with Gasteiger partial charge in [0.05, 0.1) is 11.6 Å². The van der Waals surface area contributed by atoms with E-state index in [1.807, 2.05) is 6.07 Å². The fourth-order valence-corrected chi connectivity index (χ4v) is 2.56. The Labute approximate surface area is 115 Å². The molecule has 5 nitrogen and oxygen atoms in total. The summed E-state index contributed by atoms with van der Waals surface area (Å²) in [5, 5.41) is 18.5. The summed E-state index contributed by atoms with van der Waals surface area (Å²) in [6, 6.07) is 6.95. The zero-order valence-corrected chi connectivity index (χ0v) is 10.9. The van der Waals surface area contributed by atoms with Crippen LogP contribution in [0, 0.1) is 5.92 Å². The van der Waals surface area contributed by atoms with Gasteiger partial charge in [-0.2, -0.15) is 0 Å². The van der Waals surface area contributed by atoms with Crippen molar-refractivity contribution < 1.29 is 19.4 Å². The molecule has 20 heavy (non-hydrogen) atoms. The van der Waals surface area contributed by atoms with E-state index < -0.39 is 5.97 Å². The first kappa shape index (κ1) is 12.7. The largest absolute Gasteiger partial charge is 0.508 e. The smallest absolute Gasteiger partial charge is 0.306 e. The Kier molecular flexibility index (Phi) is 3.18. The van der Waals surface area contributed by atoms with Crippen LogP contribution in [0.15, 0.2) is 28.7 Å². The van der Waals surface area contributed by atoms with Crippen molar-refractivity contribution in [3.05, 3.63) is 47.2 Å². The fraction of sp³-hybridized carbons (Fsp3) is 0.333. The first-order chi connectivity index (χ1) is 9.61. The normalized spacial score (nSPS) is 17.7. The molecule has 1 unspecified atom stereocenters. The zero-order valence-electron chi connectivity index (χ0n) is 10.9. The molecule has 1 aliphatic carbocycles. The molecule has 104 valence electrons. The Balaban J connectivity index is 1.79. The lowest BCUT2D eigenvalue weighted by molar-refractivity contribution is -0.142. The number of benzene rings is 1. The lowest BCUT2D eigenvalue weighted by atomic mass is 9.90. The van der Waals surface area contributed by atoms with Gasteiger partial charge in [-0.3, -0.25) is 4.79 Å². The second-order valence-corrected chi connectivity index (χ2v) is 5.10. The summed E-state index contributed by atoms with van der Waals surface area (Å²) >= 11 is 0. The Morgan fingerprint density at radius 2 is 2.30 bits per heavy atom. The maximum absolute atomic E-state index is 11.0. The molecule has 1 aliphatic rings. The average molecular weight is 273 g/mol. The molecule has 0 aliphatic heterocycles. The van der Waals surface area contributed by atoms with Crippen LogP contribution in [0.2, 0.25) is 0 Å². The minimum Gasteiger partial charge on any atom is -0.508 e. The first-order valence-corrected chi connectivity index (χ1v) is 6.60. The van der Waals surface area contributed by atoms with Gasteiger partial charge in [0.25, 0.3) is 0 Å². The third-order valence-electron chi connectivity index (χ3n) is 3.60. The summed E-state index contributed by atoms with van der Waals surface area (Å²) in [5.74, 6) is 0.462. The van der Waals surface area contributed by atoms with Crippen molar-refractivity contribution in [3.63, 3.8) is 0 Å². The predicted octanol–water partition coefficient (Wildman–Crippen LogP) is 2.16. The van der Waals surface area contributed by atoms with Crippen molar-refractivity contribution in [2.75, 3.05) is 0 Å². The SMILES string of the molecule is O=C(O)C1CCc2oc(Cc3cccc(O)c3)nc2C1. The van der Waals surface area contributed by atoms with Crippen LogP contribution in [0.4, 0.5) is 0 Å². The van der Waals surface area contributed by atoms with Crippen LogP contribution in [0.1, 0.15) is 29.3 Å². The fourth-order valence-electron chi connectivity index (χ4n) is 2.56. The summed E-state index contributed by atoms with van der Waals surface area (Å²) < 4.78 is 5.69. The number of fused-ring (bicyclic) bond motifs is 1. The average Bonchev–Trinajstić information content (AvgIpc) is 2.79. The van der Waals surface area contributed by atoms with Crippen molar-refractivity contribution >= 4 is 5.97 Å². The van der Waals surface area contributed by atoms with Gasteiger partial charge in [-0.15, -0.1) is 0 Å². The van der Waals surface area contributed by atoms with E-state index in [-0.39, 0.29) is 11.7 Å². The molecule has 0 saturated heterocycles. The van der Waals surface area contributed by atoms with Crippen LogP contribution in [0.25, 0.3) is 0 Å². The number of phenolic OH excluding ortho intramolecular Hbond substituents is 1. The van der Waals surface area contributed by atoms with Crippen molar-refractivity contribution in [2.45, 2.75) is 25.7 Å². The van der Waals surface area contributed by atoms with Gasteiger partial charge in [0.1, 0.15) is 11.5 Å². The molecular formula is C15H15NO4. The van der Waals surface area contributed by atoms with E-state index in [1.165, 1.54) is 0 Å². The minimum absolute atomic E-state index is 0.213. The predicted molar refractivity (Wildman–Crippen MR) is 70.6 cm³/mol. The monoisotopic (exact) mass is 273 g/mol. The number of carbonyl (C=O) groups is 1. The van der Waals surface area contributed by atoms with Crippen molar-refractivity contribution in [3.8, 4) is 5.75 Å². The molecule has 0 bridgehead atoms. The second kappa shape index (κ2) is 5.00. The zero-order chi connectivity index (χ0) is 14.1. The molecule has 2 N–H and O–H groups in total. The van der Waals surface area contributed by atoms with E-state index in [0.29, 0.717) is 31.6 Å². The number of aryl methyl sites for hydroxylation is 1. The number of aromatic hydroxyl groups is 1. The van der Waals surface area contributed by atoms with E-state index in [1.54, 1.807) is 18.2 Å². The van der Waals surface area contributed by atoms with E-state index in [2.05, 4.69) is 4.98 Å². The van der Waals surface area contributed by atoms with Gasteiger partial charge in [0, 0.05) is 19.3 Å². The van der Waals surface area contributed by atoms with E-state index in [9.17, 15) is 9.90 Å². The first-order valence-electron chi connectivity index (χ1n) is 6.60. The third-order valence-corrected chi connectivity index (χ3v) is 3.60. The van der Waals surface area contributed by atoms with Crippen LogP contribution >= 0.6 is 0 Å². The molecule has 5 heteroatoms. The molecule has 0 saturated carbocycles. The Hall–Kier alpha value is -2.30. The number of nitrogens with zero attached hydrogens (tertiary/aromatic N) is 1. The maximum atomic E-state index is 11.0. The Morgan fingerprint density at radius 3 is 3.05 bits per heavy atom. The highest BCUT2D eigenvalue weighted by molar-refractivity contribution is 5.70. The molecule has 0 amide bonds. The molecule has 1 aromatic heterocycles. The number of rotatable bonds is 3. The number of phenols is 1. The quantitative estimate of drug-likeness (QED) is 0.895. The highest BCUT2D eigenvalue weighted by atomic mass is 16.4. The van der Waals surface area contributed by atoms with Crippen LogP contribution < -0.4 is 0 Å². The van der Waals surface area contributed by atoms with Gasteiger partial charge >= 0.3 is 5.97 Å². The molecule has 3 rings (SSSR count). The van der Waals surface area contributed by atoms with E-state index in [4.69, 9.17) is 9.52 Å². The van der Waals surface area contributed by atoms with Gasteiger partial charge in [0.15, 0.2) is 5.89 Å². The number of hydrogen-bond acceptors (Lipinski definition) is 4.